The highest BCUT2D eigenvalue weighted by atomic mass is 16.5. The highest BCUT2D eigenvalue weighted by Gasteiger charge is 2.33. The Morgan fingerprint density at radius 3 is 3.00 bits per heavy atom. The van der Waals surface area contributed by atoms with E-state index in [0.29, 0.717) is 44.2 Å². The quantitative estimate of drug-likeness (QED) is 0.536. The van der Waals surface area contributed by atoms with E-state index in [0.717, 1.165) is 19.4 Å². The molecular weight excluding hydrogens is 402 g/mol. The summed E-state index contributed by atoms with van der Waals surface area (Å²) in [6.45, 7) is 4.39. The Morgan fingerprint density at radius 1 is 1.35 bits per heavy atom. The summed E-state index contributed by atoms with van der Waals surface area (Å²) in [5.41, 5.74) is 0.607. The number of anilines is 1. The van der Waals surface area contributed by atoms with Gasteiger partial charge in [0.15, 0.2) is 0 Å². The molecule has 0 spiro atoms. The lowest BCUT2D eigenvalue weighted by Gasteiger charge is -2.33. The third-order valence-corrected chi connectivity index (χ3v) is 5.19. The van der Waals surface area contributed by atoms with Crippen molar-refractivity contribution in [3.8, 4) is 5.75 Å². The Bertz CT molecular complexity index is 765. The molecule has 2 aliphatic rings. The predicted octanol–water partition coefficient (Wildman–Crippen LogP) is 1.33. The summed E-state index contributed by atoms with van der Waals surface area (Å²) in [5, 5.41) is 5.59. The molecule has 0 aliphatic carbocycles. The van der Waals surface area contributed by atoms with E-state index in [1.54, 1.807) is 23.1 Å². The van der Waals surface area contributed by atoms with Crippen LogP contribution in [0.15, 0.2) is 24.3 Å². The third-order valence-electron chi connectivity index (χ3n) is 5.19. The number of amides is 2. The molecule has 2 fully saturated rings. The second kappa shape index (κ2) is 11.7. The van der Waals surface area contributed by atoms with Crippen molar-refractivity contribution in [2.75, 3.05) is 44.8 Å². The molecule has 2 aliphatic heterocycles. The first kappa shape index (κ1) is 23.0. The number of ether oxygens (including phenoxy) is 3. The van der Waals surface area contributed by atoms with E-state index < -0.39 is 12.0 Å². The zero-order valence-corrected chi connectivity index (χ0v) is 17.9. The van der Waals surface area contributed by atoms with Crippen LogP contribution in [0.5, 0.6) is 5.75 Å². The molecule has 0 saturated carbocycles. The van der Waals surface area contributed by atoms with Gasteiger partial charge in [-0.1, -0.05) is 13.0 Å². The lowest BCUT2D eigenvalue weighted by Crippen LogP contribution is -2.57. The second-order valence-corrected chi connectivity index (χ2v) is 7.72. The summed E-state index contributed by atoms with van der Waals surface area (Å²) in [7, 11) is 0. The Labute approximate surface area is 182 Å². The number of hydrogen-bond acceptors (Lipinski definition) is 7. The number of carbonyl (C=O) groups excluding carboxylic acids is 3. The van der Waals surface area contributed by atoms with Gasteiger partial charge < -0.3 is 24.8 Å². The second-order valence-electron chi connectivity index (χ2n) is 7.72. The topological polar surface area (TPSA) is 106 Å². The lowest BCUT2D eigenvalue weighted by molar-refractivity contribution is -0.148. The first-order valence-electron chi connectivity index (χ1n) is 10.9. The molecule has 1 aromatic rings. The fraction of sp³-hybridized carbons (Fsp3) is 0.591. The molecule has 0 aromatic heterocycles. The van der Waals surface area contributed by atoms with Gasteiger partial charge in [-0.25, -0.2) is 0 Å². The first-order chi connectivity index (χ1) is 15.0. The van der Waals surface area contributed by atoms with Crippen LogP contribution in [0, 0.1) is 0 Å². The van der Waals surface area contributed by atoms with Gasteiger partial charge in [0.2, 0.25) is 11.8 Å². The van der Waals surface area contributed by atoms with Crippen LogP contribution < -0.4 is 15.4 Å². The molecule has 0 radical (unpaired) electrons. The van der Waals surface area contributed by atoms with Crippen LogP contribution in [0.1, 0.15) is 32.6 Å². The van der Waals surface area contributed by atoms with Gasteiger partial charge in [0, 0.05) is 31.5 Å². The average Bonchev–Trinajstić information content (AvgIpc) is 3.27. The summed E-state index contributed by atoms with van der Waals surface area (Å²) in [4.78, 5) is 38.6. The number of nitrogens with zero attached hydrogens (tertiary/aromatic N) is 1. The van der Waals surface area contributed by atoms with E-state index in [9.17, 15) is 14.4 Å². The van der Waals surface area contributed by atoms with Gasteiger partial charge in [0.1, 0.15) is 18.4 Å². The fourth-order valence-corrected chi connectivity index (χ4v) is 3.62. The van der Waals surface area contributed by atoms with Gasteiger partial charge in [-0.15, -0.1) is 0 Å². The maximum Gasteiger partial charge on any atom is 0.307 e. The number of esters is 1. The molecule has 2 saturated heterocycles. The smallest absolute Gasteiger partial charge is 0.307 e. The monoisotopic (exact) mass is 433 g/mol. The molecule has 9 nitrogen and oxygen atoms in total. The fourth-order valence-electron chi connectivity index (χ4n) is 3.62. The van der Waals surface area contributed by atoms with Crippen LogP contribution in [0.2, 0.25) is 0 Å². The zero-order valence-electron chi connectivity index (χ0n) is 17.9. The van der Waals surface area contributed by atoms with Gasteiger partial charge in [-0.2, -0.15) is 0 Å². The first-order valence-corrected chi connectivity index (χ1v) is 10.9. The van der Waals surface area contributed by atoms with Gasteiger partial charge >= 0.3 is 5.97 Å². The van der Waals surface area contributed by atoms with Crippen molar-refractivity contribution in [3.05, 3.63) is 24.3 Å². The van der Waals surface area contributed by atoms with Crippen molar-refractivity contribution in [2.45, 2.75) is 44.8 Å². The van der Waals surface area contributed by atoms with Crippen LogP contribution >= 0.6 is 0 Å². The van der Waals surface area contributed by atoms with Crippen molar-refractivity contribution in [2.24, 2.45) is 0 Å². The van der Waals surface area contributed by atoms with Gasteiger partial charge in [-0.3, -0.25) is 19.3 Å². The Balaban J connectivity index is 1.52. The van der Waals surface area contributed by atoms with E-state index >= 15 is 0 Å². The molecule has 3 rings (SSSR count). The molecule has 2 heterocycles. The minimum Gasteiger partial charge on any atom is -0.491 e. The standard InChI is InChI=1S/C22H31N3O6/c1-2-10-30-21(27)13-19-22(28)23-8-9-25(19)14-20(26)24-16-5-3-6-17(12-16)31-15-18-7-4-11-29-18/h3,5-6,12,18-19H,2,4,7-11,13-15H2,1H3,(H,23,28)(H,24,26). The Morgan fingerprint density at radius 2 is 2.23 bits per heavy atom. The van der Waals surface area contributed by atoms with Crippen molar-refractivity contribution >= 4 is 23.5 Å². The number of benzene rings is 1. The summed E-state index contributed by atoms with van der Waals surface area (Å²) in [6, 6.07) is 6.46. The SMILES string of the molecule is CCCOC(=O)CC1C(=O)NCCN1CC(=O)Nc1cccc(OCC2CCCO2)c1. The van der Waals surface area contributed by atoms with Gasteiger partial charge in [0.05, 0.1) is 25.7 Å². The minimum atomic E-state index is -0.718. The molecular formula is C22H31N3O6. The number of rotatable bonds is 10. The molecule has 2 N–H and O–H groups in total. The normalized spacial score (nSPS) is 21.4. The van der Waals surface area contributed by atoms with E-state index in [1.165, 1.54) is 0 Å². The molecule has 31 heavy (non-hydrogen) atoms. The van der Waals surface area contributed by atoms with E-state index in [4.69, 9.17) is 14.2 Å². The summed E-state index contributed by atoms with van der Waals surface area (Å²) < 4.78 is 16.4. The van der Waals surface area contributed by atoms with Crippen LogP contribution in [-0.2, 0) is 23.9 Å². The summed E-state index contributed by atoms with van der Waals surface area (Å²) in [5.74, 6) is -0.317. The van der Waals surface area contributed by atoms with Gasteiger partial charge in [0.25, 0.3) is 0 Å². The number of nitrogens with one attached hydrogen (secondary N) is 2. The average molecular weight is 434 g/mol. The highest BCUT2D eigenvalue weighted by Crippen LogP contribution is 2.20. The van der Waals surface area contributed by atoms with Crippen LogP contribution in [0.3, 0.4) is 0 Å². The third kappa shape index (κ3) is 7.22. The molecule has 2 amide bonds. The van der Waals surface area contributed by atoms with E-state index in [-0.39, 0.29) is 30.9 Å². The minimum absolute atomic E-state index is 0.000142. The zero-order chi connectivity index (χ0) is 22.1. The summed E-state index contributed by atoms with van der Waals surface area (Å²) >= 11 is 0. The molecule has 9 heteroatoms. The van der Waals surface area contributed by atoms with Crippen LogP contribution in [0.4, 0.5) is 5.69 Å². The van der Waals surface area contributed by atoms with Crippen LogP contribution in [-0.4, -0.2) is 74.3 Å². The molecule has 0 bridgehead atoms. The highest BCUT2D eigenvalue weighted by molar-refractivity contribution is 5.93. The number of carbonyl (C=O) groups is 3. The number of hydrogen-bond donors (Lipinski definition) is 2. The van der Waals surface area contributed by atoms with Crippen molar-refractivity contribution in [3.63, 3.8) is 0 Å². The molecule has 2 unspecified atom stereocenters. The van der Waals surface area contributed by atoms with E-state index in [1.807, 2.05) is 13.0 Å². The van der Waals surface area contributed by atoms with Crippen LogP contribution in [0.25, 0.3) is 0 Å². The van der Waals surface area contributed by atoms with Crippen molar-refractivity contribution < 1.29 is 28.6 Å². The molecule has 170 valence electrons. The lowest BCUT2D eigenvalue weighted by atomic mass is 10.1. The van der Waals surface area contributed by atoms with Crippen molar-refractivity contribution in [1.82, 2.24) is 10.2 Å². The summed E-state index contributed by atoms with van der Waals surface area (Å²) in [6.07, 6.45) is 2.80. The largest absolute Gasteiger partial charge is 0.491 e. The van der Waals surface area contributed by atoms with Gasteiger partial charge in [-0.05, 0) is 31.4 Å². The Hall–Kier alpha value is -2.65. The van der Waals surface area contributed by atoms with Crippen molar-refractivity contribution in [1.29, 1.82) is 0 Å². The predicted molar refractivity (Wildman–Crippen MR) is 114 cm³/mol. The molecule has 1 aromatic carbocycles. The number of piperazine rings is 1. The molecule has 2 atom stereocenters. The maximum absolute atomic E-state index is 12.6. The maximum atomic E-state index is 12.6. The van der Waals surface area contributed by atoms with E-state index in [2.05, 4.69) is 10.6 Å². The Kier molecular flexibility index (Phi) is 8.66.